The third-order valence-electron chi connectivity index (χ3n) is 5.49. The quantitative estimate of drug-likeness (QED) is 0.480. The summed E-state index contributed by atoms with van der Waals surface area (Å²) in [6.07, 6.45) is 10.8. The minimum atomic E-state index is 0.651. The van der Waals surface area contributed by atoms with Crippen LogP contribution >= 0.6 is 0 Å². The molecule has 0 nitrogen and oxygen atoms in total. The van der Waals surface area contributed by atoms with Gasteiger partial charge in [0.1, 0.15) is 0 Å². The highest BCUT2D eigenvalue weighted by atomic mass is 14.3. The molecule has 0 spiro atoms. The SMILES string of the molecule is C1=CC(C2=Cc3c(cccc3-c3cccc4ccccc34)C2)CC1. The Morgan fingerprint density at radius 1 is 0.792 bits per heavy atom. The van der Waals surface area contributed by atoms with Gasteiger partial charge in [-0.1, -0.05) is 84.5 Å². The Morgan fingerprint density at radius 3 is 2.54 bits per heavy atom. The van der Waals surface area contributed by atoms with E-state index in [1.165, 1.54) is 45.9 Å². The van der Waals surface area contributed by atoms with E-state index in [9.17, 15) is 0 Å². The normalized spacial score (nSPS) is 18.8. The molecule has 0 amide bonds. The van der Waals surface area contributed by atoms with Gasteiger partial charge in [0.15, 0.2) is 0 Å². The van der Waals surface area contributed by atoms with Crippen LogP contribution in [-0.4, -0.2) is 0 Å². The van der Waals surface area contributed by atoms with Crippen molar-refractivity contribution < 1.29 is 0 Å². The van der Waals surface area contributed by atoms with Crippen LogP contribution in [0.1, 0.15) is 24.0 Å². The Bertz CT molecular complexity index is 983. The molecule has 0 bridgehead atoms. The van der Waals surface area contributed by atoms with Gasteiger partial charge >= 0.3 is 0 Å². The number of fused-ring (bicyclic) bond motifs is 2. The fourth-order valence-electron chi connectivity index (χ4n) is 4.27. The molecule has 0 radical (unpaired) electrons. The van der Waals surface area contributed by atoms with Crippen LogP contribution in [0.2, 0.25) is 0 Å². The van der Waals surface area contributed by atoms with Gasteiger partial charge in [-0.05, 0) is 58.2 Å². The minimum absolute atomic E-state index is 0.651. The molecule has 0 heterocycles. The first-order valence-corrected chi connectivity index (χ1v) is 8.87. The lowest BCUT2D eigenvalue weighted by atomic mass is 9.93. The molecule has 0 N–H and O–H groups in total. The standard InChI is InChI=1S/C24H20/c1-2-8-17(7-1)20-15-19-11-6-14-23(24(19)16-20)22-13-5-10-18-9-3-4-12-21(18)22/h1,3-7,9-14,16-17H,2,8,15H2. The van der Waals surface area contributed by atoms with Crippen molar-refractivity contribution in [2.24, 2.45) is 5.92 Å². The summed E-state index contributed by atoms with van der Waals surface area (Å²) in [6.45, 7) is 0. The molecule has 1 unspecified atom stereocenters. The molecule has 1 atom stereocenters. The molecular weight excluding hydrogens is 288 g/mol. The minimum Gasteiger partial charge on any atom is -0.0879 e. The molecule has 0 saturated heterocycles. The number of hydrogen-bond acceptors (Lipinski definition) is 0. The van der Waals surface area contributed by atoms with E-state index in [0.29, 0.717) is 5.92 Å². The van der Waals surface area contributed by atoms with Crippen LogP contribution in [0.3, 0.4) is 0 Å². The molecule has 0 aromatic heterocycles. The van der Waals surface area contributed by atoms with Gasteiger partial charge in [0.05, 0.1) is 0 Å². The van der Waals surface area contributed by atoms with E-state index < -0.39 is 0 Å². The summed E-state index contributed by atoms with van der Waals surface area (Å²) in [5, 5.41) is 2.66. The molecule has 2 aliphatic rings. The van der Waals surface area contributed by atoms with Gasteiger partial charge in [0.25, 0.3) is 0 Å². The smallest absolute Gasteiger partial charge is 0.00137 e. The van der Waals surface area contributed by atoms with Crippen LogP contribution in [-0.2, 0) is 6.42 Å². The Hall–Kier alpha value is -2.60. The maximum Gasteiger partial charge on any atom is -0.00137 e. The van der Waals surface area contributed by atoms with Gasteiger partial charge in [-0.15, -0.1) is 0 Å². The number of hydrogen-bond donors (Lipinski definition) is 0. The lowest BCUT2D eigenvalue weighted by molar-refractivity contribution is 0.718. The summed E-state index contributed by atoms with van der Waals surface area (Å²) >= 11 is 0. The predicted molar refractivity (Wildman–Crippen MR) is 103 cm³/mol. The Morgan fingerprint density at radius 2 is 1.62 bits per heavy atom. The number of rotatable bonds is 2. The van der Waals surface area contributed by atoms with Crippen LogP contribution in [0, 0.1) is 5.92 Å². The van der Waals surface area contributed by atoms with Crippen LogP contribution in [0.25, 0.3) is 28.0 Å². The van der Waals surface area contributed by atoms with Crippen LogP contribution < -0.4 is 0 Å². The summed E-state index contributed by atoms with van der Waals surface area (Å²) in [7, 11) is 0. The highest BCUT2D eigenvalue weighted by Gasteiger charge is 2.22. The second kappa shape index (κ2) is 5.49. The van der Waals surface area contributed by atoms with Crippen molar-refractivity contribution in [2.75, 3.05) is 0 Å². The molecular formula is C24H20. The van der Waals surface area contributed by atoms with E-state index in [-0.39, 0.29) is 0 Å². The predicted octanol–water partition coefficient (Wildman–Crippen LogP) is 6.41. The second-order valence-corrected chi connectivity index (χ2v) is 6.91. The van der Waals surface area contributed by atoms with E-state index >= 15 is 0 Å². The molecule has 0 fully saturated rings. The van der Waals surface area contributed by atoms with Crippen molar-refractivity contribution in [3.63, 3.8) is 0 Å². The summed E-state index contributed by atoms with van der Waals surface area (Å²) in [5.41, 5.74) is 7.23. The third-order valence-corrected chi connectivity index (χ3v) is 5.49. The fraction of sp³-hybridized carbons (Fsp3) is 0.167. The highest BCUT2D eigenvalue weighted by molar-refractivity contribution is 5.99. The summed E-state index contributed by atoms with van der Waals surface area (Å²) in [5.74, 6) is 0.651. The first-order chi connectivity index (χ1) is 11.9. The van der Waals surface area contributed by atoms with E-state index in [1.807, 2.05) is 0 Å². The summed E-state index contributed by atoms with van der Waals surface area (Å²) in [4.78, 5) is 0. The Balaban J connectivity index is 1.68. The highest BCUT2D eigenvalue weighted by Crippen LogP contribution is 2.40. The van der Waals surface area contributed by atoms with Gasteiger partial charge in [-0.3, -0.25) is 0 Å². The van der Waals surface area contributed by atoms with Crippen LogP contribution in [0.15, 0.2) is 78.4 Å². The molecule has 24 heavy (non-hydrogen) atoms. The zero-order valence-corrected chi connectivity index (χ0v) is 13.7. The first-order valence-electron chi connectivity index (χ1n) is 8.87. The van der Waals surface area contributed by atoms with Crippen molar-refractivity contribution in [1.29, 1.82) is 0 Å². The van der Waals surface area contributed by atoms with E-state index in [0.717, 1.165) is 6.42 Å². The van der Waals surface area contributed by atoms with Crippen molar-refractivity contribution in [3.8, 4) is 11.1 Å². The van der Waals surface area contributed by atoms with Gasteiger partial charge in [0, 0.05) is 0 Å². The van der Waals surface area contributed by atoms with Crippen molar-refractivity contribution in [2.45, 2.75) is 19.3 Å². The maximum absolute atomic E-state index is 2.47. The summed E-state index contributed by atoms with van der Waals surface area (Å²) in [6, 6.07) is 22.1. The van der Waals surface area contributed by atoms with Gasteiger partial charge in [-0.25, -0.2) is 0 Å². The average Bonchev–Trinajstić information content (AvgIpc) is 3.30. The van der Waals surface area contributed by atoms with Crippen molar-refractivity contribution in [3.05, 3.63) is 89.5 Å². The zero-order chi connectivity index (χ0) is 15.9. The third kappa shape index (κ3) is 2.14. The molecule has 2 aliphatic carbocycles. The molecule has 116 valence electrons. The van der Waals surface area contributed by atoms with E-state index in [1.54, 1.807) is 5.57 Å². The molecule has 0 aliphatic heterocycles. The topological polar surface area (TPSA) is 0 Å². The van der Waals surface area contributed by atoms with Crippen molar-refractivity contribution in [1.82, 2.24) is 0 Å². The van der Waals surface area contributed by atoms with Gasteiger partial charge in [-0.2, -0.15) is 0 Å². The lowest BCUT2D eigenvalue weighted by Crippen LogP contribution is -1.96. The fourth-order valence-corrected chi connectivity index (χ4v) is 4.27. The first kappa shape index (κ1) is 13.8. The Labute approximate surface area is 143 Å². The van der Waals surface area contributed by atoms with Gasteiger partial charge in [0.2, 0.25) is 0 Å². The number of benzene rings is 3. The van der Waals surface area contributed by atoms with Gasteiger partial charge < -0.3 is 0 Å². The Kier molecular flexibility index (Phi) is 3.16. The zero-order valence-electron chi connectivity index (χ0n) is 13.7. The van der Waals surface area contributed by atoms with Crippen molar-refractivity contribution >= 4 is 16.8 Å². The van der Waals surface area contributed by atoms with Crippen LogP contribution in [0.5, 0.6) is 0 Å². The second-order valence-electron chi connectivity index (χ2n) is 6.91. The van der Waals surface area contributed by atoms with E-state index in [2.05, 4.69) is 78.9 Å². The maximum atomic E-state index is 2.47. The molecule has 3 aromatic carbocycles. The summed E-state index contributed by atoms with van der Waals surface area (Å²) < 4.78 is 0. The average molecular weight is 308 g/mol. The molecule has 5 rings (SSSR count). The monoisotopic (exact) mass is 308 g/mol. The molecule has 0 heteroatoms. The molecule has 3 aromatic rings. The number of allylic oxidation sites excluding steroid dienone is 3. The van der Waals surface area contributed by atoms with E-state index in [4.69, 9.17) is 0 Å². The largest absolute Gasteiger partial charge is 0.0879 e. The molecule has 0 saturated carbocycles. The lowest BCUT2D eigenvalue weighted by Gasteiger charge is -2.11. The van der Waals surface area contributed by atoms with Crippen LogP contribution in [0.4, 0.5) is 0 Å².